The summed E-state index contributed by atoms with van der Waals surface area (Å²) in [5.74, 6) is -0.436. The van der Waals surface area contributed by atoms with Crippen LogP contribution in [-0.4, -0.2) is 35.8 Å². The molecule has 0 spiro atoms. The summed E-state index contributed by atoms with van der Waals surface area (Å²) >= 11 is 8.39. The van der Waals surface area contributed by atoms with E-state index in [9.17, 15) is 13.2 Å². The monoisotopic (exact) mass is 509 g/mol. The Labute approximate surface area is 200 Å². The van der Waals surface area contributed by atoms with Gasteiger partial charge in [0.05, 0.1) is 14.6 Å². The predicted octanol–water partition coefficient (Wildman–Crippen LogP) is 4.89. The molecule has 1 unspecified atom stereocenters. The maximum Gasteiger partial charge on any atom is 0.266 e. The highest BCUT2D eigenvalue weighted by atomic mass is 35.5. The van der Waals surface area contributed by atoms with Crippen LogP contribution in [0.5, 0.6) is 0 Å². The van der Waals surface area contributed by atoms with Crippen LogP contribution in [0.25, 0.3) is 10.2 Å². The maximum absolute atomic E-state index is 13.3. The number of hydrogen-bond donors (Lipinski definition) is 0. The van der Waals surface area contributed by atoms with Crippen LogP contribution in [0.4, 0.5) is 0 Å². The second-order valence-electron chi connectivity index (χ2n) is 7.82. The van der Waals surface area contributed by atoms with Gasteiger partial charge in [-0.05, 0) is 62.1 Å². The van der Waals surface area contributed by atoms with Crippen molar-refractivity contribution in [3.05, 3.63) is 57.2 Å². The number of amides is 1. The third kappa shape index (κ3) is 4.36. The van der Waals surface area contributed by atoms with E-state index in [1.54, 1.807) is 12.1 Å². The summed E-state index contributed by atoms with van der Waals surface area (Å²) in [7, 11) is -3.82. The topological polar surface area (TPSA) is 71.7 Å². The lowest BCUT2D eigenvalue weighted by Crippen LogP contribution is -2.47. The molecule has 1 atom stereocenters. The van der Waals surface area contributed by atoms with Gasteiger partial charge in [0.25, 0.3) is 15.9 Å². The highest BCUT2D eigenvalue weighted by Crippen LogP contribution is 2.32. The van der Waals surface area contributed by atoms with Crippen LogP contribution >= 0.6 is 34.3 Å². The van der Waals surface area contributed by atoms with Gasteiger partial charge in [-0.15, -0.1) is 17.9 Å². The van der Waals surface area contributed by atoms with Gasteiger partial charge in [0.1, 0.15) is 10.3 Å². The van der Waals surface area contributed by atoms with Gasteiger partial charge in [0.2, 0.25) is 0 Å². The summed E-state index contributed by atoms with van der Waals surface area (Å²) < 4.78 is 31.3. The van der Waals surface area contributed by atoms with Gasteiger partial charge in [-0.3, -0.25) is 4.79 Å². The van der Waals surface area contributed by atoms with Gasteiger partial charge in [-0.25, -0.2) is 8.42 Å². The minimum atomic E-state index is -3.82. The Kier molecular flexibility index (Phi) is 6.74. The summed E-state index contributed by atoms with van der Waals surface area (Å²) in [5, 5.41) is 0. The molecular formula is C22H24ClN3O3S3. The molecule has 3 heterocycles. The standard InChI is InChI=1S/C22H24ClN3O3S3/c1-4-10-25-17-12-14(2)15(3)13-18(17)30-22(25)24-21(27)16-7-5-6-11-26(16)32(28,29)20-9-8-19(23)31-20/h4,8-9,12-13,16H,1,5-7,10-11H2,2-3H3. The van der Waals surface area contributed by atoms with Crippen molar-refractivity contribution in [2.24, 2.45) is 4.99 Å². The molecule has 170 valence electrons. The first-order valence-electron chi connectivity index (χ1n) is 10.3. The van der Waals surface area contributed by atoms with Crippen LogP contribution < -0.4 is 4.80 Å². The normalized spacial score (nSPS) is 18.3. The van der Waals surface area contributed by atoms with E-state index in [1.807, 2.05) is 11.5 Å². The van der Waals surface area contributed by atoms with E-state index in [-0.39, 0.29) is 4.21 Å². The predicted molar refractivity (Wildman–Crippen MR) is 131 cm³/mol. The summed E-state index contributed by atoms with van der Waals surface area (Å²) in [6, 6.07) is 6.41. The number of halogens is 1. The lowest BCUT2D eigenvalue weighted by molar-refractivity contribution is -0.122. The second-order valence-corrected chi connectivity index (χ2v) is 12.7. The SMILES string of the molecule is C=CCn1c(=NC(=O)C2CCCCN2S(=O)(=O)c2ccc(Cl)s2)sc2cc(C)c(C)cc21. The number of hydrogen-bond acceptors (Lipinski definition) is 5. The maximum atomic E-state index is 13.3. The minimum Gasteiger partial charge on any atom is -0.312 e. The van der Waals surface area contributed by atoms with Gasteiger partial charge >= 0.3 is 0 Å². The zero-order chi connectivity index (χ0) is 23.0. The molecule has 1 amide bonds. The van der Waals surface area contributed by atoms with Gasteiger partial charge < -0.3 is 4.57 Å². The lowest BCUT2D eigenvalue weighted by atomic mass is 10.0. The fourth-order valence-electron chi connectivity index (χ4n) is 3.87. The number of fused-ring (bicyclic) bond motifs is 1. The number of thiophene rings is 1. The Balaban J connectivity index is 1.77. The van der Waals surface area contributed by atoms with Crippen LogP contribution in [0.3, 0.4) is 0 Å². The van der Waals surface area contributed by atoms with Crippen LogP contribution in [0.1, 0.15) is 30.4 Å². The molecule has 1 aliphatic rings. The second kappa shape index (κ2) is 9.23. The van der Waals surface area contributed by atoms with E-state index in [2.05, 4.69) is 30.6 Å². The summed E-state index contributed by atoms with van der Waals surface area (Å²) in [6.45, 7) is 8.74. The fraction of sp³-hybridized carbons (Fsp3) is 0.364. The Morgan fingerprint density at radius 1 is 1.25 bits per heavy atom. The smallest absolute Gasteiger partial charge is 0.266 e. The molecule has 0 aliphatic carbocycles. The average molecular weight is 510 g/mol. The summed E-state index contributed by atoms with van der Waals surface area (Å²) in [6.07, 6.45) is 3.70. The Morgan fingerprint density at radius 3 is 2.69 bits per heavy atom. The minimum absolute atomic E-state index is 0.150. The molecule has 6 nitrogen and oxygen atoms in total. The highest BCUT2D eigenvalue weighted by molar-refractivity contribution is 7.91. The third-order valence-corrected chi connectivity index (χ3v) is 10.3. The molecule has 1 aromatic carbocycles. The van der Waals surface area contributed by atoms with Crippen molar-refractivity contribution >= 4 is 60.4 Å². The first-order chi connectivity index (χ1) is 15.2. The molecule has 32 heavy (non-hydrogen) atoms. The van der Waals surface area contributed by atoms with Crippen molar-refractivity contribution in [1.82, 2.24) is 8.87 Å². The Hall–Kier alpha value is -1.78. The molecule has 0 N–H and O–H groups in total. The number of sulfonamides is 1. The number of rotatable bonds is 5. The van der Waals surface area contributed by atoms with E-state index in [0.717, 1.165) is 33.5 Å². The zero-order valence-corrected chi connectivity index (χ0v) is 21.1. The van der Waals surface area contributed by atoms with E-state index in [0.29, 0.717) is 35.1 Å². The number of thiazole rings is 1. The van der Waals surface area contributed by atoms with Crippen molar-refractivity contribution in [3.8, 4) is 0 Å². The first-order valence-corrected chi connectivity index (χ1v) is 13.7. The fourth-order valence-corrected chi connectivity index (χ4v) is 8.26. The average Bonchev–Trinajstić information content (AvgIpc) is 3.33. The number of benzene rings is 1. The molecule has 1 saturated heterocycles. The van der Waals surface area contributed by atoms with Crippen LogP contribution in [-0.2, 0) is 21.4 Å². The van der Waals surface area contributed by atoms with Crippen LogP contribution in [0, 0.1) is 13.8 Å². The quantitative estimate of drug-likeness (QED) is 0.459. The van der Waals surface area contributed by atoms with E-state index < -0.39 is 22.0 Å². The summed E-state index contributed by atoms with van der Waals surface area (Å²) in [4.78, 5) is 18.3. The van der Waals surface area contributed by atoms with Crippen molar-refractivity contribution in [2.45, 2.75) is 49.9 Å². The molecule has 10 heteroatoms. The van der Waals surface area contributed by atoms with E-state index >= 15 is 0 Å². The molecule has 0 radical (unpaired) electrons. The molecule has 0 saturated carbocycles. The largest absolute Gasteiger partial charge is 0.312 e. The van der Waals surface area contributed by atoms with E-state index in [4.69, 9.17) is 11.6 Å². The van der Waals surface area contributed by atoms with Gasteiger partial charge in [-0.2, -0.15) is 9.30 Å². The number of aromatic nitrogens is 1. The number of carbonyl (C=O) groups is 1. The number of carbonyl (C=O) groups excluding carboxylic acids is 1. The highest BCUT2D eigenvalue weighted by Gasteiger charge is 2.38. The van der Waals surface area contributed by atoms with Gasteiger partial charge in [0, 0.05) is 13.1 Å². The molecule has 1 aliphatic heterocycles. The first kappa shape index (κ1) is 23.4. The number of piperidine rings is 1. The number of nitrogens with zero attached hydrogens (tertiary/aromatic N) is 3. The van der Waals surface area contributed by atoms with Crippen molar-refractivity contribution in [1.29, 1.82) is 0 Å². The van der Waals surface area contributed by atoms with Crippen molar-refractivity contribution < 1.29 is 13.2 Å². The van der Waals surface area contributed by atoms with E-state index in [1.165, 1.54) is 27.3 Å². The van der Waals surface area contributed by atoms with Crippen molar-refractivity contribution in [3.63, 3.8) is 0 Å². The summed E-state index contributed by atoms with van der Waals surface area (Å²) in [5.41, 5.74) is 3.32. The zero-order valence-electron chi connectivity index (χ0n) is 17.9. The van der Waals surface area contributed by atoms with Crippen LogP contribution in [0.15, 0.2) is 46.1 Å². The molecule has 1 fully saturated rings. The lowest BCUT2D eigenvalue weighted by Gasteiger charge is -2.31. The molecule has 3 aromatic rings. The molecular weight excluding hydrogens is 486 g/mol. The van der Waals surface area contributed by atoms with Gasteiger partial charge in [0.15, 0.2) is 4.80 Å². The van der Waals surface area contributed by atoms with Crippen LogP contribution in [0.2, 0.25) is 4.34 Å². The van der Waals surface area contributed by atoms with Gasteiger partial charge in [-0.1, -0.05) is 35.4 Å². The number of allylic oxidation sites excluding steroid dienone is 1. The molecule has 4 rings (SSSR count). The Bertz CT molecular complexity index is 1370. The molecule has 0 bridgehead atoms. The number of aryl methyl sites for hydroxylation is 2. The third-order valence-electron chi connectivity index (χ3n) is 5.67. The Morgan fingerprint density at radius 2 is 2.00 bits per heavy atom. The van der Waals surface area contributed by atoms with Crippen molar-refractivity contribution in [2.75, 3.05) is 6.54 Å². The molecule has 2 aromatic heterocycles.